The quantitative estimate of drug-likeness (QED) is 0.421. The first-order chi connectivity index (χ1) is 9.11. The first kappa shape index (κ1) is 16.3. The molecule has 0 aromatic carbocycles. The molecule has 0 amide bonds. The Kier molecular flexibility index (Phi) is 7.87. The molecule has 1 fully saturated rings. The van der Waals surface area contributed by atoms with E-state index in [1.54, 1.807) is 0 Å². The van der Waals surface area contributed by atoms with Crippen LogP contribution in [0.5, 0.6) is 0 Å². The SMILES string of the molecule is CN=C(NCCCCC(C)C)NCC1CCN(C)C1. The van der Waals surface area contributed by atoms with Crippen molar-refractivity contribution in [3.05, 3.63) is 0 Å². The van der Waals surface area contributed by atoms with Gasteiger partial charge in [0, 0.05) is 26.7 Å². The molecular formula is C15H32N4. The maximum absolute atomic E-state index is 4.28. The van der Waals surface area contributed by atoms with Crippen LogP contribution in [0, 0.1) is 11.8 Å². The predicted octanol–water partition coefficient (Wildman–Crippen LogP) is 1.93. The first-order valence-electron chi connectivity index (χ1n) is 7.75. The summed E-state index contributed by atoms with van der Waals surface area (Å²) in [5.74, 6) is 2.54. The van der Waals surface area contributed by atoms with Crippen molar-refractivity contribution in [3.63, 3.8) is 0 Å². The van der Waals surface area contributed by atoms with Crippen molar-refractivity contribution in [2.75, 3.05) is 40.3 Å². The van der Waals surface area contributed by atoms with Crippen LogP contribution >= 0.6 is 0 Å². The Morgan fingerprint density at radius 3 is 2.68 bits per heavy atom. The van der Waals surface area contributed by atoms with Gasteiger partial charge in [-0.15, -0.1) is 0 Å². The highest BCUT2D eigenvalue weighted by molar-refractivity contribution is 5.79. The molecule has 1 aliphatic rings. The monoisotopic (exact) mass is 268 g/mol. The summed E-state index contributed by atoms with van der Waals surface area (Å²) in [4.78, 5) is 6.68. The molecule has 1 atom stereocenters. The highest BCUT2D eigenvalue weighted by Gasteiger charge is 2.19. The van der Waals surface area contributed by atoms with Gasteiger partial charge in [-0.1, -0.05) is 26.7 Å². The molecule has 1 aliphatic heterocycles. The second-order valence-electron chi connectivity index (χ2n) is 6.19. The van der Waals surface area contributed by atoms with E-state index >= 15 is 0 Å². The summed E-state index contributed by atoms with van der Waals surface area (Å²) in [5, 5.41) is 6.85. The molecule has 112 valence electrons. The van der Waals surface area contributed by atoms with Gasteiger partial charge in [-0.3, -0.25) is 4.99 Å². The van der Waals surface area contributed by atoms with E-state index in [1.165, 1.54) is 38.8 Å². The Morgan fingerprint density at radius 2 is 2.11 bits per heavy atom. The average Bonchev–Trinajstić information content (AvgIpc) is 2.78. The lowest BCUT2D eigenvalue weighted by Gasteiger charge is -2.15. The zero-order valence-corrected chi connectivity index (χ0v) is 13.2. The fraction of sp³-hybridized carbons (Fsp3) is 0.933. The number of guanidine groups is 1. The molecule has 4 nitrogen and oxygen atoms in total. The second kappa shape index (κ2) is 9.18. The standard InChI is InChI=1S/C15H32N4/c1-13(2)7-5-6-9-17-15(16-3)18-11-14-8-10-19(4)12-14/h13-14H,5-12H2,1-4H3,(H2,16,17,18). The van der Waals surface area contributed by atoms with Crippen LogP contribution < -0.4 is 10.6 Å². The van der Waals surface area contributed by atoms with Gasteiger partial charge >= 0.3 is 0 Å². The van der Waals surface area contributed by atoms with Crippen molar-refractivity contribution in [1.29, 1.82) is 0 Å². The molecule has 0 bridgehead atoms. The number of hydrogen-bond acceptors (Lipinski definition) is 2. The van der Waals surface area contributed by atoms with Crippen LogP contribution in [0.2, 0.25) is 0 Å². The third-order valence-corrected chi connectivity index (χ3v) is 3.77. The predicted molar refractivity (Wildman–Crippen MR) is 83.7 cm³/mol. The molecule has 0 radical (unpaired) electrons. The Bertz CT molecular complexity index is 263. The molecule has 1 unspecified atom stereocenters. The van der Waals surface area contributed by atoms with E-state index < -0.39 is 0 Å². The third kappa shape index (κ3) is 7.41. The van der Waals surface area contributed by atoms with E-state index in [4.69, 9.17) is 0 Å². The maximum Gasteiger partial charge on any atom is 0.190 e. The summed E-state index contributed by atoms with van der Waals surface area (Å²) >= 11 is 0. The zero-order chi connectivity index (χ0) is 14.1. The van der Waals surface area contributed by atoms with Crippen LogP contribution in [-0.4, -0.2) is 51.1 Å². The van der Waals surface area contributed by atoms with Gasteiger partial charge < -0.3 is 15.5 Å². The number of rotatable bonds is 7. The lowest BCUT2D eigenvalue weighted by atomic mass is 10.1. The molecule has 2 N–H and O–H groups in total. The minimum absolute atomic E-state index is 0.768. The number of aliphatic imine (C=N–C) groups is 1. The molecule has 0 spiro atoms. The molecule has 1 saturated heterocycles. The van der Waals surface area contributed by atoms with Crippen molar-refractivity contribution in [2.45, 2.75) is 39.5 Å². The van der Waals surface area contributed by atoms with E-state index in [1.807, 2.05) is 7.05 Å². The molecule has 0 aliphatic carbocycles. The number of likely N-dealkylation sites (tertiary alicyclic amines) is 1. The summed E-state index contributed by atoms with van der Waals surface area (Å²) < 4.78 is 0. The van der Waals surface area contributed by atoms with Gasteiger partial charge in [-0.05, 0) is 38.3 Å². The summed E-state index contributed by atoms with van der Waals surface area (Å²) in [6.45, 7) is 9.07. The topological polar surface area (TPSA) is 39.7 Å². The van der Waals surface area contributed by atoms with Gasteiger partial charge in [0.25, 0.3) is 0 Å². The van der Waals surface area contributed by atoms with E-state index in [0.29, 0.717) is 0 Å². The van der Waals surface area contributed by atoms with Crippen LogP contribution in [0.25, 0.3) is 0 Å². The van der Waals surface area contributed by atoms with E-state index in [0.717, 1.165) is 30.9 Å². The fourth-order valence-corrected chi connectivity index (χ4v) is 2.54. The molecular weight excluding hydrogens is 236 g/mol. The number of unbranched alkanes of at least 4 members (excludes halogenated alkanes) is 1. The van der Waals surface area contributed by atoms with Crippen molar-refractivity contribution in [1.82, 2.24) is 15.5 Å². The largest absolute Gasteiger partial charge is 0.356 e. The van der Waals surface area contributed by atoms with Crippen molar-refractivity contribution < 1.29 is 0 Å². The van der Waals surface area contributed by atoms with Gasteiger partial charge in [0.1, 0.15) is 0 Å². The molecule has 0 aromatic heterocycles. The first-order valence-corrected chi connectivity index (χ1v) is 7.75. The zero-order valence-electron chi connectivity index (χ0n) is 13.2. The Balaban J connectivity index is 2.06. The molecule has 4 heteroatoms. The van der Waals surface area contributed by atoms with Crippen LogP contribution in [-0.2, 0) is 0 Å². The van der Waals surface area contributed by atoms with E-state index in [2.05, 4.69) is 41.4 Å². The minimum Gasteiger partial charge on any atom is -0.356 e. The maximum atomic E-state index is 4.28. The fourth-order valence-electron chi connectivity index (χ4n) is 2.54. The second-order valence-corrected chi connectivity index (χ2v) is 6.19. The van der Waals surface area contributed by atoms with Gasteiger partial charge in [0.05, 0.1) is 0 Å². The Hall–Kier alpha value is -0.770. The van der Waals surface area contributed by atoms with E-state index in [9.17, 15) is 0 Å². The lowest BCUT2D eigenvalue weighted by molar-refractivity contribution is 0.394. The Labute approximate surface area is 119 Å². The molecule has 19 heavy (non-hydrogen) atoms. The van der Waals surface area contributed by atoms with Gasteiger partial charge in [-0.25, -0.2) is 0 Å². The van der Waals surface area contributed by atoms with Crippen molar-refractivity contribution >= 4 is 5.96 Å². The third-order valence-electron chi connectivity index (χ3n) is 3.77. The molecule has 1 heterocycles. The molecule has 1 rings (SSSR count). The van der Waals surface area contributed by atoms with Crippen molar-refractivity contribution in [3.8, 4) is 0 Å². The summed E-state index contributed by atoms with van der Waals surface area (Å²) in [7, 11) is 4.05. The number of hydrogen-bond donors (Lipinski definition) is 2. The van der Waals surface area contributed by atoms with Crippen LogP contribution in [0.3, 0.4) is 0 Å². The number of nitrogens with one attached hydrogen (secondary N) is 2. The van der Waals surface area contributed by atoms with Gasteiger partial charge in [0.2, 0.25) is 0 Å². The Morgan fingerprint density at radius 1 is 1.32 bits per heavy atom. The highest BCUT2D eigenvalue weighted by Crippen LogP contribution is 2.12. The van der Waals surface area contributed by atoms with Gasteiger partial charge in [0.15, 0.2) is 5.96 Å². The summed E-state index contributed by atoms with van der Waals surface area (Å²) in [6, 6.07) is 0. The van der Waals surface area contributed by atoms with Gasteiger partial charge in [-0.2, -0.15) is 0 Å². The van der Waals surface area contributed by atoms with Crippen LogP contribution in [0.15, 0.2) is 4.99 Å². The molecule has 0 saturated carbocycles. The number of nitrogens with zero attached hydrogens (tertiary/aromatic N) is 2. The summed E-state index contributed by atoms with van der Waals surface area (Å²) in [5.41, 5.74) is 0. The van der Waals surface area contributed by atoms with Crippen molar-refractivity contribution in [2.24, 2.45) is 16.8 Å². The smallest absolute Gasteiger partial charge is 0.190 e. The lowest BCUT2D eigenvalue weighted by Crippen LogP contribution is -2.40. The van der Waals surface area contributed by atoms with E-state index in [-0.39, 0.29) is 0 Å². The normalized spacial score (nSPS) is 21.1. The minimum atomic E-state index is 0.768. The van der Waals surface area contributed by atoms with Crippen LogP contribution in [0.4, 0.5) is 0 Å². The summed E-state index contributed by atoms with van der Waals surface area (Å²) in [6.07, 6.45) is 5.15. The van der Waals surface area contributed by atoms with Crippen LogP contribution in [0.1, 0.15) is 39.5 Å². The molecule has 0 aromatic rings. The average molecular weight is 268 g/mol. The highest BCUT2D eigenvalue weighted by atomic mass is 15.2.